The van der Waals surface area contributed by atoms with E-state index in [9.17, 15) is 4.79 Å². The third kappa shape index (κ3) is 10.3. The number of methoxy groups -OCH3 is 3. The number of fused-ring (bicyclic) bond motifs is 1. The molecule has 1 heterocycles. The molecule has 0 radical (unpaired) electrons. The van der Waals surface area contributed by atoms with E-state index in [1.165, 1.54) is 22.3 Å². The fourth-order valence-electron chi connectivity index (χ4n) is 7.69. The largest absolute Gasteiger partial charge is 0.497 e. The molecule has 0 spiro atoms. The highest BCUT2D eigenvalue weighted by atomic mass is 35.5. The Morgan fingerprint density at radius 1 is 0.784 bits per heavy atom. The smallest absolute Gasteiger partial charge is 0.220 e. The van der Waals surface area contributed by atoms with Gasteiger partial charge in [-0.1, -0.05) is 86.6 Å². The molecule has 0 bridgehead atoms. The maximum atomic E-state index is 12.8. The molecule has 0 aromatic heterocycles. The van der Waals surface area contributed by atoms with Crippen molar-refractivity contribution in [2.24, 2.45) is 0 Å². The maximum Gasteiger partial charge on any atom is 0.220 e. The third-order valence-corrected chi connectivity index (χ3v) is 10.7. The lowest BCUT2D eigenvalue weighted by Crippen LogP contribution is -2.37. The van der Waals surface area contributed by atoms with E-state index < -0.39 is 0 Å². The van der Waals surface area contributed by atoms with E-state index in [4.69, 9.17) is 14.2 Å². The topological polar surface area (TPSA) is 60.0 Å². The number of hydrogen-bond acceptors (Lipinski definition) is 5. The van der Waals surface area contributed by atoms with Crippen LogP contribution in [0.3, 0.4) is 0 Å². The van der Waals surface area contributed by atoms with E-state index in [0.717, 1.165) is 87.4 Å². The van der Waals surface area contributed by atoms with Crippen LogP contribution in [0.4, 0.5) is 0 Å². The Kier molecular flexibility index (Phi) is 14.8. The van der Waals surface area contributed by atoms with Crippen LogP contribution in [0.15, 0.2) is 97.1 Å². The zero-order valence-corrected chi connectivity index (χ0v) is 32.0. The zero-order valence-electron chi connectivity index (χ0n) is 31.2. The van der Waals surface area contributed by atoms with Crippen molar-refractivity contribution in [1.29, 1.82) is 0 Å². The van der Waals surface area contributed by atoms with Crippen LogP contribution in [0.2, 0.25) is 0 Å². The molecule has 0 atom stereocenters. The molecule has 274 valence electrons. The van der Waals surface area contributed by atoms with Gasteiger partial charge in [0.25, 0.3) is 0 Å². The first-order valence-electron chi connectivity index (χ1n) is 18.3. The number of carbonyl (C=O) groups is 1. The minimum Gasteiger partial charge on any atom is -0.497 e. The fourth-order valence-corrected chi connectivity index (χ4v) is 7.69. The summed E-state index contributed by atoms with van der Waals surface area (Å²) >= 11 is 0. The van der Waals surface area contributed by atoms with Crippen molar-refractivity contribution in [2.75, 3.05) is 47.5 Å². The number of benzene rings is 4. The Labute approximate surface area is 312 Å². The molecule has 7 heteroatoms. The van der Waals surface area contributed by atoms with Crippen molar-refractivity contribution in [1.82, 2.24) is 10.2 Å². The summed E-state index contributed by atoms with van der Waals surface area (Å²) in [5.74, 6) is 2.54. The first kappa shape index (κ1) is 39.8. The molecule has 0 aliphatic carbocycles. The van der Waals surface area contributed by atoms with Crippen molar-refractivity contribution < 1.29 is 19.0 Å². The van der Waals surface area contributed by atoms with Crippen molar-refractivity contribution in [3.8, 4) is 17.2 Å². The second-order valence-corrected chi connectivity index (χ2v) is 14.3. The van der Waals surface area contributed by atoms with Crippen molar-refractivity contribution >= 4 is 18.3 Å². The van der Waals surface area contributed by atoms with Crippen molar-refractivity contribution in [3.05, 3.63) is 125 Å². The van der Waals surface area contributed by atoms with Crippen LogP contribution in [-0.4, -0.2) is 58.3 Å². The quantitative estimate of drug-likeness (QED) is 0.118. The van der Waals surface area contributed by atoms with Gasteiger partial charge in [0.15, 0.2) is 11.5 Å². The van der Waals surface area contributed by atoms with Gasteiger partial charge in [-0.25, -0.2) is 0 Å². The molecule has 1 N–H and O–H groups in total. The normalized spacial score (nSPS) is 14.3. The van der Waals surface area contributed by atoms with Gasteiger partial charge in [-0.2, -0.15) is 0 Å². The second-order valence-electron chi connectivity index (χ2n) is 14.3. The Bertz CT molecular complexity index is 1600. The summed E-state index contributed by atoms with van der Waals surface area (Å²) in [7, 11) is 5.10. The van der Waals surface area contributed by atoms with Crippen molar-refractivity contribution in [2.45, 2.75) is 76.0 Å². The Morgan fingerprint density at radius 3 is 2.00 bits per heavy atom. The zero-order chi connectivity index (χ0) is 35.4. The molecule has 51 heavy (non-hydrogen) atoms. The van der Waals surface area contributed by atoms with Crippen LogP contribution in [0, 0.1) is 0 Å². The summed E-state index contributed by atoms with van der Waals surface area (Å²) in [6, 6.07) is 34.3. The highest BCUT2D eigenvalue weighted by Crippen LogP contribution is 2.42. The fraction of sp³-hybridized carbons (Fsp3) is 0.432. The molecule has 0 fully saturated rings. The van der Waals surface area contributed by atoms with Gasteiger partial charge in [-0.05, 0) is 116 Å². The van der Waals surface area contributed by atoms with Gasteiger partial charge < -0.3 is 24.4 Å². The van der Waals surface area contributed by atoms with Gasteiger partial charge in [0.2, 0.25) is 5.91 Å². The van der Waals surface area contributed by atoms with Crippen LogP contribution in [0.1, 0.15) is 80.2 Å². The molecule has 1 amide bonds. The second kappa shape index (κ2) is 19.0. The van der Waals surface area contributed by atoms with E-state index in [1.807, 2.05) is 24.3 Å². The minimum absolute atomic E-state index is 0. The first-order valence-corrected chi connectivity index (χ1v) is 18.3. The van der Waals surface area contributed by atoms with Gasteiger partial charge in [0.05, 0.1) is 21.3 Å². The highest BCUT2D eigenvalue weighted by molar-refractivity contribution is 5.85. The number of nitrogens with zero attached hydrogens (tertiary/aromatic N) is 1. The van der Waals surface area contributed by atoms with E-state index in [0.29, 0.717) is 13.0 Å². The highest BCUT2D eigenvalue weighted by Gasteiger charge is 2.34. The SMILES string of the molecule is COc1ccc(CCC(=O)NCCCC(CCCN2CCc3cc(OC)c(OC)cc3C(C)(C)CC2)(c2ccccc2)c2ccccc2)cc1.Cl. The summed E-state index contributed by atoms with van der Waals surface area (Å²) in [6.45, 7) is 8.50. The summed E-state index contributed by atoms with van der Waals surface area (Å²) in [6.07, 6.45) is 7.24. The van der Waals surface area contributed by atoms with E-state index >= 15 is 0 Å². The molecular weight excluding hydrogens is 656 g/mol. The van der Waals surface area contributed by atoms with E-state index in [2.05, 4.69) is 96.9 Å². The number of amides is 1. The lowest BCUT2D eigenvalue weighted by molar-refractivity contribution is -0.121. The third-order valence-electron chi connectivity index (χ3n) is 10.7. The number of ether oxygens (including phenoxy) is 3. The van der Waals surface area contributed by atoms with Crippen LogP contribution >= 0.6 is 12.4 Å². The molecule has 0 unspecified atom stereocenters. The van der Waals surface area contributed by atoms with Gasteiger partial charge in [0, 0.05) is 24.9 Å². The monoisotopic (exact) mass is 712 g/mol. The number of aryl methyl sites for hydroxylation is 1. The first-order chi connectivity index (χ1) is 24.3. The molecule has 6 nitrogen and oxygen atoms in total. The summed E-state index contributed by atoms with van der Waals surface area (Å²) < 4.78 is 16.6. The van der Waals surface area contributed by atoms with E-state index in [-0.39, 0.29) is 29.1 Å². The number of nitrogens with one attached hydrogen (secondary N) is 1. The molecule has 4 aromatic carbocycles. The van der Waals surface area contributed by atoms with Gasteiger partial charge >= 0.3 is 0 Å². The predicted molar refractivity (Wildman–Crippen MR) is 211 cm³/mol. The van der Waals surface area contributed by atoms with Crippen LogP contribution in [0.25, 0.3) is 0 Å². The average molecular weight is 713 g/mol. The minimum atomic E-state index is -0.144. The van der Waals surface area contributed by atoms with Crippen LogP contribution in [0.5, 0.6) is 17.2 Å². The Morgan fingerprint density at radius 2 is 1.39 bits per heavy atom. The number of rotatable bonds is 16. The lowest BCUT2D eigenvalue weighted by atomic mass is 9.68. The van der Waals surface area contributed by atoms with Crippen molar-refractivity contribution in [3.63, 3.8) is 0 Å². The van der Waals surface area contributed by atoms with Crippen LogP contribution in [-0.2, 0) is 28.5 Å². The Hall–Kier alpha value is -4.00. The van der Waals surface area contributed by atoms with E-state index in [1.54, 1.807) is 21.3 Å². The number of halogens is 1. The molecular formula is C44H57ClN2O4. The lowest BCUT2D eigenvalue weighted by Gasteiger charge is -2.38. The molecule has 4 aromatic rings. The number of hydrogen-bond donors (Lipinski definition) is 1. The molecule has 5 rings (SSSR count). The van der Waals surface area contributed by atoms with Gasteiger partial charge in [0.1, 0.15) is 5.75 Å². The predicted octanol–water partition coefficient (Wildman–Crippen LogP) is 8.96. The Balaban J connectivity index is 0.00000583. The van der Waals surface area contributed by atoms with Crippen LogP contribution < -0.4 is 19.5 Å². The maximum absolute atomic E-state index is 12.8. The standard InChI is InChI=1S/C44H56N2O4.ClH/c1-43(2)27-31-46(30-24-35-32-40(49-4)41(50-5)33-39(35)43)29-13-26-44(36-14-8-6-9-15-36,37-16-10-7-11-17-37)25-12-28-45-42(47)23-20-34-18-21-38(48-3)22-19-34;/h6-11,14-19,21-22,32-33H,12-13,20,23-31H2,1-5H3,(H,45,47);1H. The summed E-state index contributed by atoms with van der Waals surface area (Å²) in [5, 5.41) is 3.21. The summed E-state index contributed by atoms with van der Waals surface area (Å²) in [5.41, 5.74) is 6.45. The molecule has 0 saturated carbocycles. The summed E-state index contributed by atoms with van der Waals surface area (Å²) in [4.78, 5) is 15.5. The molecule has 1 aliphatic rings. The number of carbonyl (C=O) groups excluding carboxylic acids is 1. The average Bonchev–Trinajstić information content (AvgIpc) is 3.15. The van der Waals surface area contributed by atoms with Gasteiger partial charge in [-0.3, -0.25) is 4.79 Å². The molecule has 0 saturated heterocycles. The van der Waals surface area contributed by atoms with Gasteiger partial charge in [-0.15, -0.1) is 12.4 Å². The molecule has 1 aliphatic heterocycles.